The Morgan fingerprint density at radius 2 is 2.27 bits per heavy atom. The predicted octanol–water partition coefficient (Wildman–Crippen LogP) is 1.88. The normalized spacial score (nSPS) is 10.7. The van der Waals surface area contributed by atoms with Crippen LogP contribution in [0, 0.1) is 0 Å². The predicted molar refractivity (Wildman–Crippen MR) is 50.0 cm³/mol. The number of anilines is 1. The largest absolute Gasteiger partial charge is 0.481 e. The van der Waals surface area contributed by atoms with Crippen molar-refractivity contribution in [2.24, 2.45) is 0 Å². The Morgan fingerprint density at radius 1 is 1.67 bits per heavy atom. The Balaban J connectivity index is 3.31. The molecule has 0 fully saturated rings. The molecule has 1 rings (SSSR count). The van der Waals surface area contributed by atoms with Crippen LogP contribution in [0.4, 0.5) is 14.5 Å². The minimum Gasteiger partial charge on any atom is -0.481 e. The highest BCUT2D eigenvalue weighted by Crippen LogP contribution is 2.31. The van der Waals surface area contributed by atoms with Gasteiger partial charge in [0.25, 0.3) is 6.43 Å². The molecule has 0 spiro atoms. The van der Waals surface area contributed by atoms with Crippen molar-refractivity contribution in [2.45, 2.75) is 12.8 Å². The SMILES string of the molecule is Nc1cnc(Cl)c(CC(=O)O)c1C(F)F. The van der Waals surface area contributed by atoms with E-state index in [1.54, 1.807) is 0 Å². The Labute approximate surface area is 88.7 Å². The molecule has 0 bridgehead atoms. The summed E-state index contributed by atoms with van der Waals surface area (Å²) in [6, 6.07) is 0. The first-order valence-electron chi connectivity index (χ1n) is 3.86. The lowest BCUT2D eigenvalue weighted by Crippen LogP contribution is -2.08. The zero-order valence-electron chi connectivity index (χ0n) is 7.38. The van der Waals surface area contributed by atoms with E-state index in [-0.39, 0.29) is 16.4 Å². The van der Waals surface area contributed by atoms with Crippen LogP contribution >= 0.6 is 11.6 Å². The summed E-state index contributed by atoms with van der Waals surface area (Å²) in [6.45, 7) is 0. The van der Waals surface area contributed by atoms with Crippen LogP contribution in [0.3, 0.4) is 0 Å². The molecule has 0 aliphatic heterocycles. The molecule has 7 heteroatoms. The second-order valence-electron chi connectivity index (χ2n) is 2.77. The molecule has 1 aromatic heterocycles. The first-order chi connectivity index (χ1) is 6.93. The number of aliphatic carboxylic acids is 1. The van der Waals surface area contributed by atoms with Gasteiger partial charge in [-0.2, -0.15) is 0 Å². The van der Waals surface area contributed by atoms with Gasteiger partial charge < -0.3 is 10.8 Å². The monoisotopic (exact) mass is 236 g/mol. The van der Waals surface area contributed by atoms with Gasteiger partial charge in [0.1, 0.15) is 5.15 Å². The van der Waals surface area contributed by atoms with E-state index in [4.69, 9.17) is 22.4 Å². The van der Waals surface area contributed by atoms with Crippen molar-refractivity contribution in [1.82, 2.24) is 4.98 Å². The maximum atomic E-state index is 12.6. The van der Waals surface area contributed by atoms with Gasteiger partial charge in [-0.05, 0) is 0 Å². The molecule has 0 radical (unpaired) electrons. The summed E-state index contributed by atoms with van der Waals surface area (Å²) in [6.07, 6.45) is -2.52. The van der Waals surface area contributed by atoms with Crippen molar-refractivity contribution in [1.29, 1.82) is 0 Å². The fourth-order valence-electron chi connectivity index (χ4n) is 1.14. The highest BCUT2D eigenvalue weighted by Gasteiger charge is 2.21. The van der Waals surface area contributed by atoms with E-state index in [1.165, 1.54) is 0 Å². The summed E-state index contributed by atoms with van der Waals surface area (Å²) in [4.78, 5) is 14.0. The maximum Gasteiger partial charge on any atom is 0.307 e. The smallest absolute Gasteiger partial charge is 0.307 e. The summed E-state index contributed by atoms with van der Waals surface area (Å²) in [5.41, 5.74) is 4.22. The number of hydrogen-bond acceptors (Lipinski definition) is 3. The minimum atomic E-state index is -2.88. The summed E-state index contributed by atoms with van der Waals surface area (Å²) in [5, 5.41) is 8.25. The molecule has 0 saturated heterocycles. The van der Waals surface area contributed by atoms with Gasteiger partial charge in [-0.1, -0.05) is 11.6 Å². The fourth-order valence-corrected chi connectivity index (χ4v) is 1.35. The Morgan fingerprint density at radius 3 is 2.73 bits per heavy atom. The standard InChI is InChI=1S/C8H7ClF2N2O2/c9-7-3(1-5(14)15)6(8(10)11)4(12)2-13-7/h2,8H,1,12H2,(H,14,15). The van der Waals surface area contributed by atoms with E-state index < -0.39 is 24.4 Å². The molecule has 15 heavy (non-hydrogen) atoms. The van der Waals surface area contributed by atoms with Crippen LogP contribution in [0.15, 0.2) is 6.20 Å². The number of hydrogen-bond donors (Lipinski definition) is 2. The average molecular weight is 237 g/mol. The molecule has 4 nitrogen and oxygen atoms in total. The first-order valence-corrected chi connectivity index (χ1v) is 4.24. The molecule has 0 aromatic carbocycles. The van der Waals surface area contributed by atoms with Crippen molar-refractivity contribution in [2.75, 3.05) is 5.73 Å². The lowest BCUT2D eigenvalue weighted by atomic mass is 10.1. The van der Waals surface area contributed by atoms with Gasteiger partial charge in [-0.3, -0.25) is 4.79 Å². The molecule has 0 aliphatic rings. The quantitative estimate of drug-likeness (QED) is 0.786. The lowest BCUT2D eigenvalue weighted by molar-refractivity contribution is -0.136. The molecule has 82 valence electrons. The second-order valence-corrected chi connectivity index (χ2v) is 3.13. The van der Waals surface area contributed by atoms with Crippen molar-refractivity contribution in [3.63, 3.8) is 0 Å². The van der Waals surface area contributed by atoms with E-state index in [9.17, 15) is 13.6 Å². The minimum absolute atomic E-state index is 0.237. The van der Waals surface area contributed by atoms with Crippen molar-refractivity contribution >= 4 is 23.3 Å². The molecule has 3 N–H and O–H groups in total. The van der Waals surface area contributed by atoms with Crippen LogP contribution in [0.25, 0.3) is 0 Å². The van der Waals surface area contributed by atoms with Crippen molar-refractivity contribution < 1.29 is 18.7 Å². The van der Waals surface area contributed by atoms with Gasteiger partial charge in [-0.25, -0.2) is 13.8 Å². The third-order valence-corrected chi connectivity index (χ3v) is 2.07. The lowest BCUT2D eigenvalue weighted by Gasteiger charge is -2.10. The van der Waals surface area contributed by atoms with Crippen LogP contribution < -0.4 is 5.73 Å². The third-order valence-electron chi connectivity index (χ3n) is 1.75. The number of carbonyl (C=O) groups is 1. The van der Waals surface area contributed by atoms with Gasteiger partial charge in [0, 0.05) is 11.1 Å². The van der Waals surface area contributed by atoms with E-state index in [0.717, 1.165) is 6.20 Å². The molecule has 0 amide bonds. The summed E-state index contributed by atoms with van der Waals surface area (Å²) in [7, 11) is 0. The number of nitrogens with zero attached hydrogens (tertiary/aromatic N) is 1. The van der Waals surface area contributed by atoms with Crippen LogP contribution in [0.2, 0.25) is 5.15 Å². The number of rotatable bonds is 3. The Kier molecular flexibility index (Phi) is 3.41. The number of carboxylic acid groups (broad SMARTS) is 1. The van der Waals surface area contributed by atoms with Crippen LogP contribution in [0.5, 0.6) is 0 Å². The molecular formula is C8H7ClF2N2O2. The third kappa shape index (κ3) is 2.53. The number of nitrogens with two attached hydrogens (primary N) is 1. The fraction of sp³-hybridized carbons (Fsp3) is 0.250. The van der Waals surface area contributed by atoms with Gasteiger partial charge in [-0.15, -0.1) is 0 Å². The molecule has 1 heterocycles. The Hall–Kier alpha value is -1.43. The topological polar surface area (TPSA) is 76.2 Å². The maximum absolute atomic E-state index is 12.6. The summed E-state index contributed by atoms with van der Waals surface area (Å²) in [5.74, 6) is -1.27. The Bertz CT molecular complexity index is 398. The number of alkyl halides is 2. The van der Waals surface area contributed by atoms with Gasteiger partial charge >= 0.3 is 5.97 Å². The summed E-state index contributed by atoms with van der Waals surface area (Å²) >= 11 is 5.53. The summed E-state index contributed by atoms with van der Waals surface area (Å²) < 4.78 is 25.1. The van der Waals surface area contributed by atoms with Gasteiger partial charge in [0.15, 0.2) is 0 Å². The first kappa shape index (κ1) is 11.6. The van der Waals surface area contributed by atoms with Gasteiger partial charge in [0.2, 0.25) is 0 Å². The van der Waals surface area contributed by atoms with E-state index in [0.29, 0.717) is 0 Å². The molecule has 0 aliphatic carbocycles. The van der Waals surface area contributed by atoms with Gasteiger partial charge in [0.05, 0.1) is 18.3 Å². The van der Waals surface area contributed by atoms with E-state index in [2.05, 4.69) is 4.98 Å². The van der Waals surface area contributed by atoms with Crippen LogP contribution in [-0.2, 0) is 11.2 Å². The van der Waals surface area contributed by atoms with Crippen molar-refractivity contribution in [3.8, 4) is 0 Å². The van der Waals surface area contributed by atoms with E-state index >= 15 is 0 Å². The second kappa shape index (κ2) is 4.39. The highest BCUT2D eigenvalue weighted by molar-refractivity contribution is 6.30. The highest BCUT2D eigenvalue weighted by atomic mass is 35.5. The molecule has 0 unspecified atom stereocenters. The number of nitrogen functional groups attached to an aromatic ring is 1. The number of halogens is 3. The number of aromatic nitrogens is 1. The molecule has 0 atom stereocenters. The van der Waals surface area contributed by atoms with E-state index in [1.807, 2.05) is 0 Å². The zero-order chi connectivity index (χ0) is 11.6. The van der Waals surface area contributed by atoms with Crippen LogP contribution in [0.1, 0.15) is 17.6 Å². The molecule has 0 saturated carbocycles. The number of carboxylic acids is 1. The average Bonchev–Trinajstić information content (AvgIpc) is 2.10. The number of pyridine rings is 1. The van der Waals surface area contributed by atoms with Crippen molar-refractivity contribution in [3.05, 3.63) is 22.5 Å². The molecular weight excluding hydrogens is 230 g/mol. The zero-order valence-corrected chi connectivity index (χ0v) is 8.13. The van der Waals surface area contributed by atoms with Crippen LogP contribution in [-0.4, -0.2) is 16.1 Å². The molecule has 1 aromatic rings.